The van der Waals surface area contributed by atoms with E-state index in [0.29, 0.717) is 16.5 Å². The van der Waals surface area contributed by atoms with Gasteiger partial charge >= 0.3 is 7.12 Å². The molecule has 88 valence electrons. The summed E-state index contributed by atoms with van der Waals surface area (Å²) in [6, 6.07) is 3.95. The van der Waals surface area contributed by atoms with Crippen LogP contribution in [-0.2, 0) is 5.75 Å². The zero-order chi connectivity index (χ0) is 12.3. The summed E-state index contributed by atoms with van der Waals surface area (Å²) in [6.07, 6.45) is 2.98. The highest BCUT2D eigenvalue weighted by Gasteiger charge is 2.13. The quantitative estimate of drug-likeness (QED) is 0.622. The van der Waals surface area contributed by atoms with E-state index >= 15 is 0 Å². The normalized spacial score (nSPS) is 10.5. The van der Waals surface area contributed by atoms with Crippen LogP contribution in [0.1, 0.15) is 5.56 Å². The summed E-state index contributed by atoms with van der Waals surface area (Å²) in [5, 5.41) is 18.4. The summed E-state index contributed by atoms with van der Waals surface area (Å²) in [4.78, 5) is 3.92. The van der Waals surface area contributed by atoms with Gasteiger partial charge in [-0.05, 0) is 23.2 Å². The molecule has 4 nitrogen and oxygen atoms in total. The number of benzene rings is 1. The zero-order valence-corrected chi connectivity index (χ0v) is 9.52. The van der Waals surface area contributed by atoms with Gasteiger partial charge in [0.25, 0.3) is 5.22 Å². The lowest BCUT2D eigenvalue weighted by Crippen LogP contribution is -2.30. The highest BCUT2D eigenvalue weighted by atomic mass is 32.2. The van der Waals surface area contributed by atoms with Crippen molar-refractivity contribution in [3.63, 3.8) is 0 Å². The molecular formula is C10H9BFNO3S. The van der Waals surface area contributed by atoms with Crippen LogP contribution in [0.5, 0.6) is 0 Å². The van der Waals surface area contributed by atoms with E-state index in [2.05, 4.69) is 4.98 Å². The van der Waals surface area contributed by atoms with Crippen LogP contribution in [0.2, 0.25) is 0 Å². The summed E-state index contributed by atoms with van der Waals surface area (Å²) in [5.41, 5.74) is 0.768. The van der Waals surface area contributed by atoms with Crippen molar-refractivity contribution in [3.05, 3.63) is 42.0 Å². The average molecular weight is 253 g/mol. The van der Waals surface area contributed by atoms with Crippen molar-refractivity contribution in [1.29, 1.82) is 0 Å². The zero-order valence-electron chi connectivity index (χ0n) is 8.71. The van der Waals surface area contributed by atoms with Gasteiger partial charge in [-0.1, -0.05) is 17.8 Å². The van der Waals surface area contributed by atoms with E-state index in [1.165, 1.54) is 36.4 Å². The molecule has 0 radical (unpaired) electrons. The summed E-state index contributed by atoms with van der Waals surface area (Å²) in [6.45, 7) is 0. The average Bonchev–Trinajstić information content (AvgIpc) is 2.78. The minimum atomic E-state index is -1.67. The largest absolute Gasteiger partial charge is 0.488 e. The van der Waals surface area contributed by atoms with Gasteiger partial charge in [0.1, 0.15) is 12.1 Å². The number of thioether (sulfide) groups is 1. The molecule has 0 unspecified atom stereocenters. The van der Waals surface area contributed by atoms with Crippen LogP contribution in [0.25, 0.3) is 0 Å². The third kappa shape index (κ3) is 3.32. The number of hydrogen-bond acceptors (Lipinski definition) is 5. The summed E-state index contributed by atoms with van der Waals surface area (Å²) in [5.74, 6) is -0.0588. The summed E-state index contributed by atoms with van der Waals surface area (Å²) in [7, 11) is -1.67. The number of halogens is 1. The van der Waals surface area contributed by atoms with Gasteiger partial charge in [0, 0.05) is 5.75 Å². The minimum absolute atomic E-state index is 0.132. The van der Waals surface area contributed by atoms with Crippen molar-refractivity contribution in [3.8, 4) is 0 Å². The fraction of sp³-hybridized carbons (Fsp3) is 0.100. The Balaban J connectivity index is 2.10. The molecule has 1 aromatic heterocycles. The smallest absolute Gasteiger partial charge is 0.440 e. The van der Waals surface area contributed by atoms with Crippen molar-refractivity contribution >= 4 is 24.3 Å². The lowest BCUT2D eigenvalue weighted by molar-refractivity contribution is 0.425. The monoisotopic (exact) mass is 253 g/mol. The van der Waals surface area contributed by atoms with E-state index in [1.807, 2.05) is 0 Å². The first-order valence-corrected chi connectivity index (χ1v) is 5.81. The maximum atomic E-state index is 13.2. The molecule has 0 spiro atoms. The van der Waals surface area contributed by atoms with Crippen molar-refractivity contribution in [1.82, 2.24) is 4.98 Å². The Morgan fingerprint density at radius 2 is 2.18 bits per heavy atom. The van der Waals surface area contributed by atoms with Gasteiger partial charge in [-0.15, -0.1) is 0 Å². The fourth-order valence-corrected chi connectivity index (χ4v) is 2.05. The van der Waals surface area contributed by atoms with E-state index in [9.17, 15) is 4.39 Å². The van der Waals surface area contributed by atoms with Crippen molar-refractivity contribution in [2.24, 2.45) is 0 Å². The van der Waals surface area contributed by atoms with Gasteiger partial charge < -0.3 is 14.5 Å². The first-order chi connectivity index (χ1) is 8.15. The SMILES string of the molecule is OB(O)c1cc(F)cc(CSc2ncco2)c1. The van der Waals surface area contributed by atoms with E-state index in [-0.39, 0.29) is 5.46 Å². The molecule has 1 aromatic carbocycles. The Hall–Kier alpha value is -1.31. The molecule has 17 heavy (non-hydrogen) atoms. The standard InChI is InChI=1S/C10H9BFNO3S/c12-9-4-7(3-8(5-9)11(14)15)6-17-10-13-1-2-16-10/h1-5,14-15H,6H2. The molecule has 0 aliphatic rings. The number of aromatic nitrogens is 1. The van der Waals surface area contributed by atoms with Crippen LogP contribution in [0, 0.1) is 5.82 Å². The molecule has 0 amide bonds. The molecule has 2 rings (SSSR count). The third-order valence-corrected chi connectivity index (χ3v) is 2.98. The van der Waals surface area contributed by atoms with Crippen molar-refractivity contribution < 1.29 is 18.9 Å². The van der Waals surface area contributed by atoms with Gasteiger partial charge in [0.15, 0.2) is 0 Å². The maximum absolute atomic E-state index is 13.2. The van der Waals surface area contributed by atoms with Gasteiger partial charge in [-0.3, -0.25) is 0 Å². The predicted molar refractivity (Wildman–Crippen MR) is 62.3 cm³/mol. The second-order valence-corrected chi connectivity index (χ2v) is 4.28. The predicted octanol–water partition coefficient (Wildman–Crippen LogP) is 0.786. The molecule has 1 heterocycles. The minimum Gasteiger partial charge on any atom is -0.440 e. The Labute approximate surface area is 102 Å². The molecule has 2 N–H and O–H groups in total. The first-order valence-electron chi connectivity index (χ1n) is 4.83. The molecule has 0 aliphatic heterocycles. The lowest BCUT2D eigenvalue weighted by atomic mass is 9.79. The second-order valence-electron chi connectivity index (χ2n) is 3.35. The van der Waals surface area contributed by atoms with Gasteiger partial charge in [0.05, 0.1) is 6.20 Å². The van der Waals surface area contributed by atoms with Crippen molar-refractivity contribution in [2.75, 3.05) is 0 Å². The molecule has 0 saturated carbocycles. The number of hydrogen-bond donors (Lipinski definition) is 2. The Morgan fingerprint density at radius 3 is 2.82 bits per heavy atom. The Kier molecular flexibility index (Phi) is 3.83. The second kappa shape index (κ2) is 5.35. The van der Waals surface area contributed by atoms with Crippen LogP contribution >= 0.6 is 11.8 Å². The van der Waals surface area contributed by atoms with E-state index in [1.54, 1.807) is 0 Å². The van der Waals surface area contributed by atoms with Crippen LogP contribution in [-0.4, -0.2) is 22.2 Å². The number of oxazole rings is 1. The lowest BCUT2D eigenvalue weighted by Gasteiger charge is -2.04. The molecule has 2 aromatic rings. The van der Waals surface area contributed by atoms with Crippen LogP contribution in [0.15, 0.2) is 40.3 Å². The first kappa shape index (κ1) is 12.2. The van der Waals surface area contributed by atoms with Crippen molar-refractivity contribution in [2.45, 2.75) is 11.0 Å². The van der Waals surface area contributed by atoms with Crippen LogP contribution in [0.3, 0.4) is 0 Å². The topological polar surface area (TPSA) is 66.5 Å². The van der Waals surface area contributed by atoms with E-state index in [0.717, 1.165) is 6.07 Å². The summed E-state index contributed by atoms with van der Waals surface area (Å²) >= 11 is 1.30. The molecule has 0 fully saturated rings. The number of nitrogens with zero attached hydrogens (tertiary/aromatic N) is 1. The van der Waals surface area contributed by atoms with E-state index < -0.39 is 12.9 Å². The van der Waals surface area contributed by atoms with E-state index in [4.69, 9.17) is 14.5 Å². The van der Waals surface area contributed by atoms with Crippen LogP contribution in [0.4, 0.5) is 4.39 Å². The Bertz CT molecular complexity index is 492. The summed E-state index contributed by atoms with van der Waals surface area (Å²) < 4.78 is 18.2. The van der Waals surface area contributed by atoms with Gasteiger partial charge in [0.2, 0.25) is 0 Å². The maximum Gasteiger partial charge on any atom is 0.488 e. The molecule has 7 heteroatoms. The highest BCUT2D eigenvalue weighted by molar-refractivity contribution is 7.98. The highest BCUT2D eigenvalue weighted by Crippen LogP contribution is 2.20. The molecule has 0 atom stereocenters. The number of rotatable bonds is 4. The third-order valence-electron chi connectivity index (χ3n) is 2.05. The molecule has 0 aliphatic carbocycles. The molecular weight excluding hydrogens is 244 g/mol. The Morgan fingerprint density at radius 1 is 1.35 bits per heavy atom. The molecule has 0 saturated heterocycles. The fourth-order valence-electron chi connectivity index (χ4n) is 1.33. The van der Waals surface area contributed by atoms with Gasteiger partial charge in [-0.25, -0.2) is 9.37 Å². The molecule has 0 bridgehead atoms. The van der Waals surface area contributed by atoms with Gasteiger partial charge in [-0.2, -0.15) is 0 Å². The van der Waals surface area contributed by atoms with Crippen LogP contribution < -0.4 is 5.46 Å².